The summed E-state index contributed by atoms with van der Waals surface area (Å²) in [4.78, 5) is 26.5. The number of ether oxygens (including phenoxy) is 2. The zero-order valence-electron chi connectivity index (χ0n) is 14.3. The lowest BCUT2D eigenvalue weighted by molar-refractivity contribution is -0.122. The zero-order chi connectivity index (χ0) is 19.0. The van der Waals surface area contributed by atoms with Crippen LogP contribution in [-0.2, 0) is 4.79 Å². The maximum absolute atomic E-state index is 12.6. The molecule has 138 valence electrons. The zero-order valence-corrected chi connectivity index (χ0v) is 17.3. The highest BCUT2D eigenvalue weighted by Crippen LogP contribution is 2.36. The number of carbonyl (C=O) groups excluding carboxylic acids is 2. The predicted molar refractivity (Wildman–Crippen MR) is 113 cm³/mol. The van der Waals surface area contributed by atoms with Crippen LogP contribution >= 0.6 is 34.4 Å². The Morgan fingerprint density at radius 1 is 1.19 bits per heavy atom. The lowest BCUT2D eigenvalue weighted by atomic mass is 10.2. The molecule has 1 fully saturated rings. The van der Waals surface area contributed by atoms with Crippen LogP contribution in [0.15, 0.2) is 41.3 Å². The van der Waals surface area contributed by atoms with Crippen molar-refractivity contribution in [3.63, 3.8) is 0 Å². The number of nitrogens with one attached hydrogen (secondary N) is 1. The molecule has 0 aromatic heterocycles. The van der Waals surface area contributed by atoms with Crippen molar-refractivity contribution in [3.05, 3.63) is 56.0 Å². The molecule has 0 bridgehead atoms. The first-order chi connectivity index (χ1) is 13.0. The quantitative estimate of drug-likeness (QED) is 0.501. The molecule has 2 aliphatic heterocycles. The Morgan fingerprint density at radius 2 is 2.00 bits per heavy atom. The van der Waals surface area contributed by atoms with Crippen LogP contribution in [0.1, 0.15) is 11.1 Å². The molecule has 2 aliphatic rings. The molecular formula is C19H15IN2O4S. The highest BCUT2D eigenvalue weighted by molar-refractivity contribution is 14.1. The topological polar surface area (TPSA) is 67.9 Å². The molecule has 2 amide bonds. The number of fused-ring (bicyclic) bond motifs is 1. The molecule has 4 rings (SSSR count). The summed E-state index contributed by atoms with van der Waals surface area (Å²) in [6.07, 6.45) is 1.70. The van der Waals surface area contributed by atoms with Crippen molar-refractivity contribution >= 4 is 57.3 Å². The summed E-state index contributed by atoms with van der Waals surface area (Å²) in [7, 11) is 0. The normalized spacial score (nSPS) is 17.1. The van der Waals surface area contributed by atoms with Crippen LogP contribution in [0.2, 0.25) is 0 Å². The Labute approximate surface area is 174 Å². The van der Waals surface area contributed by atoms with Crippen LogP contribution in [0, 0.1) is 10.5 Å². The SMILES string of the molecule is Cc1cc(I)ccc1NCN1C(=O)S/C(=C\c2ccc3c(c2)OCO3)C1=O. The molecule has 0 aliphatic carbocycles. The van der Waals surface area contributed by atoms with E-state index < -0.39 is 0 Å². The fourth-order valence-corrected chi connectivity index (χ4v) is 4.27. The van der Waals surface area contributed by atoms with E-state index in [0.717, 1.165) is 32.1 Å². The summed E-state index contributed by atoms with van der Waals surface area (Å²) in [5.41, 5.74) is 2.74. The summed E-state index contributed by atoms with van der Waals surface area (Å²) in [6, 6.07) is 11.4. The summed E-state index contributed by atoms with van der Waals surface area (Å²) in [6.45, 7) is 2.31. The van der Waals surface area contributed by atoms with Gasteiger partial charge in [0.1, 0.15) is 0 Å². The molecule has 2 aromatic rings. The summed E-state index contributed by atoms with van der Waals surface area (Å²) < 4.78 is 11.8. The molecule has 0 spiro atoms. The summed E-state index contributed by atoms with van der Waals surface area (Å²) >= 11 is 3.18. The van der Waals surface area contributed by atoms with E-state index in [4.69, 9.17) is 9.47 Å². The van der Waals surface area contributed by atoms with E-state index in [1.807, 2.05) is 31.2 Å². The maximum Gasteiger partial charge on any atom is 0.295 e. The highest BCUT2D eigenvalue weighted by Gasteiger charge is 2.35. The van der Waals surface area contributed by atoms with Crippen molar-refractivity contribution in [2.24, 2.45) is 0 Å². The fourth-order valence-electron chi connectivity index (χ4n) is 2.78. The van der Waals surface area contributed by atoms with Gasteiger partial charge in [-0.15, -0.1) is 0 Å². The number of halogens is 1. The molecule has 0 saturated carbocycles. The molecule has 0 atom stereocenters. The highest BCUT2D eigenvalue weighted by atomic mass is 127. The van der Waals surface area contributed by atoms with Gasteiger partial charge in [0.25, 0.3) is 11.1 Å². The number of imide groups is 1. The fraction of sp³-hybridized carbons (Fsp3) is 0.158. The molecular weight excluding hydrogens is 479 g/mol. The van der Waals surface area contributed by atoms with E-state index >= 15 is 0 Å². The smallest absolute Gasteiger partial charge is 0.295 e. The van der Waals surface area contributed by atoms with Crippen LogP contribution < -0.4 is 14.8 Å². The minimum atomic E-state index is -0.307. The van der Waals surface area contributed by atoms with Gasteiger partial charge in [-0.05, 0) is 88.8 Å². The molecule has 6 nitrogen and oxygen atoms in total. The van der Waals surface area contributed by atoms with E-state index in [2.05, 4.69) is 27.9 Å². The molecule has 0 radical (unpaired) electrons. The third-order valence-corrected chi connectivity index (χ3v) is 5.76. The van der Waals surface area contributed by atoms with Crippen LogP contribution in [0.4, 0.5) is 10.5 Å². The number of nitrogens with zero attached hydrogens (tertiary/aromatic N) is 1. The number of amides is 2. The number of carbonyl (C=O) groups is 2. The van der Waals surface area contributed by atoms with Gasteiger partial charge in [0, 0.05) is 9.26 Å². The Morgan fingerprint density at radius 3 is 2.81 bits per heavy atom. The van der Waals surface area contributed by atoms with E-state index in [1.165, 1.54) is 4.90 Å². The van der Waals surface area contributed by atoms with E-state index in [1.54, 1.807) is 18.2 Å². The van der Waals surface area contributed by atoms with Crippen molar-refractivity contribution in [1.29, 1.82) is 0 Å². The number of aryl methyl sites for hydroxylation is 1. The Balaban J connectivity index is 1.48. The third-order valence-electron chi connectivity index (χ3n) is 4.18. The molecule has 2 heterocycles. The van der Waals surface area contributed by atoms with Crippen LogP contribution in [0.5, 0.6) is 11.5 Å². The Hall–Kier alpha value is -2.20. The van der Waals surface area contributed by atoms with Crippen molar-refractivity contribution < 1.29 is 19.1 Å². The van der Waals surface area contributed by atoms with E-state index in [0.29, 0.717) is 16.4 Å². The third kappa shape index (κ3) is 3.77. The average molecular weight is 494 g/mol. The Bertz CT molecular complexity index is 976. The van der Waals surface area contributed by atoms with Gasteiger partial charge in [-0.25, -0.2) is 0 Å². The van der Waals surface area contributed by atoms with Crippen LogP contribution in [0.3, 0.4) is 0 Å². The minimum Gasteiger partial charge on any atom is -0.454 e. The molecule has 0 unspecified atom stereocenters. The van der Waals surface area contributed by atoms with Crippen molar-refractivity contribution in [2.45, 2.75) is 6.92 Å². The average Bonchev–Trinajstić information content (AvgIpc) is 3.19. The first kappa shape index (κ1) is 18.2. The first-order valence-electron chi connectivity index (χ1n) is 8.16. The Kier molecular flexibility index (Phi) is 5.00. The molecule has 8 heteroatoms. The molecule has 1 N–H and O–H groups in total. The van der Waals surface area contributed by atoms with E-state index in [9.17, 15) is 9.59 Å². The summed E-state index contributed by atoms with van der Waals surface area (Å²) in [5, 5.41) is 2.88. The van der Waals surface area contributed by atoms with Gasteiger partial charge in [-0.3, -0.25) is 14.5 Å². The number of anilines is 1. The van der Waals surface area contributed by atoms with Gasteiger partial charge in [-0.1, -0.05) is 6.07 Å². The second-order valence-electron chi connectivity index (χ2n) is 6.02. The van der Waals surface area contributed by atoms with Gasteiger partial charge < -0.3 is 14.8 Å². The van der Waals surface area contributed by atoms with Crippen LogP contribution in [-0.4, -0.2) is 29.5 Å². The molecule has 1 saturated heterocycles. The number of hydrogen-bond donors (Lipinski definition) is 1. The lowest BCUT2D eigenvalue weighted by Crippen LogP contribution is -2.33. The molecule has 2 aromatic carbocycles. The van der Waals surface area contributed by atoms with Crippen molar-refractivity contribution in [1.82, 2.24) is 4.90 Å². The number of rotatable bonds is 4. The van der Waals surface area contributed by atoms with Crippen LogP contribution in [0.25, 0.3) is 6.08 Å². The van der Waals surface area contributed by atoms with Gasteiger partial charge in [0.2, 0.25) is 6.79 Å². The number of thioether (sulfide) groups is 1. The summed E-state index contributed by atoms with van der Waals surface area (Å²) in [5.74, 6) is 1.01. The van der Waals surface area contributed by atoms with Gasteiger partial charge in [-0.2, -0.15) is 0 Å². The minimum absolute atomic E-state index is 0.130. The number of benzene rings is 2. The maximum atomic E-state index is 12.6. The predicted octanol–water partition coefficient (Wildman–Crippen LogP) is 4.43. The monoisotopic (exact) mass is 494 g/mol. The first-order valence-corrected chi connectivity index (χ1v) is 10.1. The van der Waals surface area contributed by atoms with Gasteiger partial charge in [0.05, 0.1) is 11.6 Å². The second kappa shape index (κ2) is 7.43. The van der Waals surface area contributed by atoms with Crippen molar-refractivity contribution in [2.75, 3.05) is 18.8 Å². The van der Waals surface area contributed by atoms with Gasteiger partial charge in [0.15, 0.2) is 11.5 Å². The lowest BCUT2D eigenvalue weighted by Gasteiger charge is -2.16. The van der Waals surface area contributed by atoms with Gasteiger partial charge >= 0.3 is 0 Å². The largest absolute Gasteiger partial charge is 0.454 e. The second-order valence-corrected chi connectivity index (χ2v) is 8.26. The number of hydrogen-bond acceptors (Lipinski definition) is 6. The van der Waals surface area contributed by atoms with E-state index in [-0.39, 0.29) is 24.6 Å². The molecule has 27 heavy (non-hydrogen) atoms. The standard InChI is InChI=1S/C19H15IN2O4S/c1-11-6-13(20)3-4-14(11)21-9-22-18(23)17(27-19(22)24)8-12-2-5-15-16(7-12)26-10-25-15/h2-8,21H,9-10H2,1H3/b17-8-. The van der Waals surface area contributed by atoms with Crippen molar-refractivity contribution in [3.8, 4) is 11.5 Å².